The number of anilines is 1. The van der Waals surface area contributed by atoms with Gasteiger partial charge in [0, 0.05) is 31.2 Å². The van der Waals surface area contributed by atoms with Crippen molar-refractivity contribution in [1.29, 1.82) is 0 Å². The molecule has 1 aliphatic heterocycles. The molecule has 1 amide bonds. The number of rotatable bonds is 5. The van der Waals surface area contributed by atoms with Crippen molar-refractivity contribution in [2.45, 2.75) is 33.7 Å². The summed E-state index contributed by atoms with van der Waals surface area (Å²) in [6.45, 7) is 10.3. The Bertz CT molecular complexity index is 528. The Morgan fingerprint density at radius 2 is 2.14 bits per heavy atom. The van der Waals surface area contributed by atoms with Gasteiger partial charge in [-0.2, -0.15) is 0 Å². The lowest BCUT2D eigenvalue weighted by molar-refractivity contribution is -0.124. The number of nitrogens with zero attached hydrogens (tertiary/aromatic N) is 2. The molecule has 1 aliphatic rings. The van der Waals surface area contributed by atoms with Crippen molar-refractivity contribution < 1.29 is 9.53 Å². The van der Waals surface area contributed by atoms with Crippen molar-refractivity contribution in [1.82, 2.24) is 9.88 Å². The molecular formula is C16H26BN3O2. The molecule has 2 rings (SSSR count). The minimum absolute atomic E-state index is 0.0173. The van der Waals surface area contributed by atoms with Gasteiger partial charge in [-0.1, -0.05) is 26.2 Å². The molecule has 0 spiro atoms. The lowest BCUT2D eigenvalue weighted by Gasteiger charge is -2.27. The molecule has 0 bridgehead atoms. The zero-order chi connectivity index (χ0) is 16.2. The Morgan fingerprint density at radius 3 is 2.77 bits per heavy atom. The smallest absolute Gasteiger partial charge is 0.231 e. The monoisotopic (exact) mass is 303 g/mol. The zero-order valence-corrected chi connectivity index (χ0v) is 14.1. The first kappa shape index (κ1) is 17.0. The van der Waals surface area contributed by atoms with E-state index in [0.717, 1.165) is 44.7 Å². The van der Waals surface area contributed by atoms with Gasteiger partial charge in [-0.25, -0.2) is 4.98 Å². The molecule has 0 aromatic carbocycles. The van der Waals surface area contributed by atoms with Gasteiger partial charge in [0.1, 0.15) is 13.7 Å². The number of aromatic nitrogens is 1. The van der Waals surface area contributed by atoms with Crippen LogP contribution in [0, 0.1) is 5.41 Å². The van der Waals surface area contributed by atoms with Gasteiger partial charge < -0.3 is 10.1 Å². The van der Waals surface area contributed by atoms with Crippen molar-refractivity contribution in [3.05, 3.63) is 17.8 Å². The van der Waals surface area contributed by atoms with Gasteiger partial charge in [-0.15, -0.1) is 0 Å². The highest BCUT2D eigenvalue weighted by Gasteiger charge is 2.25. The van der Waals surface area contributed by atoms with Crippen LogP contribution in [-0.2, 0) is 16.1 Å². The Kier molecular flexibility index (Phi) is 5.59. The second kappa shape index (κ2) is 7.25. The van der Waals surface area contributed by atoms with Crippen molar-refractivity contribution >= 4 is 25.0 Å². The van der Waals surface area contributed by atoms with Crippen LogP contribution in [0.5, 0.6) is 0 Å². The van der Waals surface area contributed by atoms with Gasteiger partial charge in [0.15, 0.2) is 0 Å². The molecule has 1 aromatic rings. The largest absolute Gasteiger partial charge is 0.379 e. The Labute approximate surface area is 133 Å². The molecule has 2 heterocycles. The fourth-order valence-corrected chi connectivity index (χ4v) is 2.25. The van der Waals surface area contributed by atoms with E-state index in [0.29, 0.717) is 5.82 Å². The highest BCUT2D eigenvalue weighted by atomic mass is 16.5. The predicted molar refractivity (Wildman–Crippen MR) is 91.2 cm³/mol. The number of ether oxygens (including phenoxy) is 1. The van der Waals surface area contributed by atoms with E-state index in [-0.39, 0.29) is 11.3 Å². The molecule has 22 heavy (non-hydrogen) atoms. The highest BCUT2D eigenvalue weighted by molar-refractivity contribution is 6.33. The van der Waals surface area contributed by atoms with E-state index in [2.05, 4.69) is 23.0 Å². The van der Waals surface area contributed by atoms with Crippen molar-refractivity contribution in [2.75, 3.05) is 31.6 Å². The first-order valence-corrected chi connectivity index (χ1v) is 7.99. The predicted octanol–water partition coefficient (Wildman–Crippen LogP) is 0.547. The first-order chi connectivity index (χ1) is 10.4. The summed E-state index contributed by atoms with van der Waals surface area (Å²) in [6.07, 6.45) is 2.63. The first-order valence-electron chi connectivity index (χ1n) is 7.99. The average Bonchev–Trinajstić information content (AvgIpc) is 2.51. The minimum atomic E-state index is -0.378. The van der Waals surface area contributed by atoms with E-state index in [1.165, 1.54) is 5.56 Å². The number of amides is 1. The summed E-state index contributed by atoms with van der Waals surface area (Å²) in [4.78, 5) is 19.0. The molecular weight excluding hydrogens is 277 g/mol. The molecule has 1 N–H and O–H groups in total. The van der Waals surface area contributed by atoms with Crippen LogP contribution in [0.2, 0.25) is 0 Å². The van der Waals surface area contributed by atoms with Crippen molar-refractivity contribution in [3.8, 4) is 0 Å². The quantitative estimate of drug-likeness (QED) is 0.807. The number of hydrogen-bond donors (Lipinski definition) is 1. The Hall–Kier alpha value is -1.40. The topological polar surface area (TPSA) is 54.5 Å². The number of nitrogens with one attached hydrogen (secondary N) is 1. The second-order valence-electron chi connectivity index (χ2n) is 6.58. The normalized spacial score (nSPS) is 16.5. The van der Waals surface area contributed by atoms with E-state index in [4.69, 9.17) is 4.74 Å². The average molecular weight is 303 g/mol. The number of hydrogen-bond acceptors (Lipinski definition) is 4. The van der Waals surface area contributed by atoms with Gasteiger partial charge >= 0.3 is 0 Å². The molecule has 1 saturated heterocycles. The van der Waals surface area contributed by atoms with Crippen LogP contribution in [0.1, 0.15) is 32.8 Å². The molecule has 0 unspecified atom stereocenters. The third kappa shape index (κ3) is 4.30. The summed E-state index contributed by atoms with van der Waals surface area (Å²) in [5.74, 6) is 0.657. The van der Waals surface area contributed by atoms with Crippen LogP contribution in [0.15, 0.2) is 12.3 Å². The number of carbonyl (C=O) groups is 1. The van der Waals surface area contributed by atoms with Gasteiger partial charge in [0.2, 0.25) is 5.91 Å². The molecule has 0 atom stereocenters. The van der Waals surface area contributed by atoms with E-state index >= 15 is 0 Å². The third-order valence-corrected chi connectivity index (χ3v) is 4.45. The van der Waals surface area contributed by atoms with E-state index < -0.39 is 0 Å². The maximum absolute atomic E-state index is 12.3. The lowest BCUT2D eigenvalue weighted by atomic mass is 9.89. The minimum Gasteiger partial charge on any atom is -0.379 e. The Morgan fingerprint density at radius 1 is 1.45 bits per heavy atom. The van der Waals surface area contributed by atoms with Gasteiger partial charge in [-0.3, -0.25) is 9.69 Å². The standard InChI is InChI=1S/C16H26BN3O2/c1-4-16(2,3)15(21)19-14-9-12(13(17)10-18-14)11-20-5-7-22-8-6-20/h9-10H,4-8,11,17H2,1-3H3,(H,18,19,21). The molecule has 120 valence electrons. The van der Waals surface area contributed by atoms with Crippen LogP contribution < -0.4 is 10.8 Å². The summed E-state index contributed by atoms with van der Waals surface area (Å²) in [5, 5.41) is 2.94. The summed E-state index contributed by atoms with van der Waals surface area (Å²) in [6, 6.07) is 1.99. The van der Waals surface area contributed by atoms with Crippen LogP contribution in [0.25, 0.3) is 0 Å². The van der Waals surface area contributed by atoms with E-state index in [1.807, 2.05) is 33.0 Å². The summed E-state index contributed by atoms with van der Waals surface area (Å²) >= 11 is 0. The Balaban J connectivity index is 2.07. The molecule has 1 aromatic heterocycles. The maximum Gasteiger partial charge on any atom is 0.231 e. The van der Waals surface area contributed by atoms with Crippen molar-refractivity contribution in [2.24, 2.45) is 5.41 Å². The number of carbonyl (C=O) groups excluding carboxylic acids is 1. The lowest BCUT2D eigenvalue weighted by Crippen LogP contribution is -2.37. The SMILES string of the molecule is Bc1cnc(NC(=O)C(C)(C)CC)cc1CN1CCOCC1. The van der Waals surface area contributed by atoms with Crippen molar-refractivity contribution in [3.63, 3.8) is 0 Å². The summed E-state index contributed by atoms with van der Waals surface area (Å²) in [5.41, 5.74) is 1.98. The van der Waals surface area contributed by atoms with E-state index in [1.54, 1.807) is 0 Å². The molecule has 5 nitrogen and oxygen atoms in total. The molecule has 0 radical (unpaired) electrons. The van der Waals surface area contributed by atoms with Gasteiger partial charge in [0.05, 0.1) is 13.2 Å². The molecule has 0 saturated carbocycles. The molecule has 1 fully saturated rings. The van der Waals surface area contributed by atoms with Gasteiger partial charge in [-0.05, 0) is 18.1 Å². The van der Waals surface area contributed by atoms with Gasteiger partial charge in [0.25, 0.3) is 0 Å². The molecule has 6 heteroatoms. The molecule has 0 aliphatic carbocycles. The summed E-state index contributed by atoms with van der Waals surface area (Å²) < 4.78 is 5.38. The zero-order valence-electron chi connectivity index (χ0n) is 14.1. The highest BCUT2D eigenvalue weighted by Crippen LogP contribution is 2.21. The number of pyridine rings is 1. The fourth-order valence-electron chi connectivity index (χ4n) is 2.25. The van der Waals surface area contributed by atoms with Crippen LogP contribution in [0.4, 0.5) is 5.82 Å². The van der Waals surface area contributed by atoms with Crippen LogP contribution in [-0.4, -0.2) is 49.9 Å². The third-order valence-electron chi connectivity index (χ3n) is 4.45. The van der Waals surface area contributed by atoms with E-state index in [9.17, 15) is 4.79 Å². The van der Waals surface area contributed by atoms with Crippen LogP contribution >= 0.6 is 0 Å². The summed E-state index contributed by atoms with van der Waals surface area (Å²) in [7, 11) is 2.06. The maximum atomic E-state index is 12.3. The van der Waals surface area contributed by atoms with Crippen LogP contribution in [0.3, 0.4) is 0 Å². The second-order valence-corrected chi connectivity index (χ2v) is 6.58. The number of morpholine rings is 1. The fraction of sp³-hybridized carbons (Fsp3) is 0.625.